The van der Waals surface area contributed by atoms with E-state index in [1.807, 2.05) is 6.26 Å². The second-order valence-corrected chi connectivity index (χ2v) is 2.46. The van der Waals surface area contributed by atoms with Gasteiger partial charge in [-0.05, 0) is 6.26 Å². The SMILES string of the molecule is CN=CC(=S)SC. The number of nitrogens with zero attached hydrogens (tertiary/aromatic N) is 1. The number of rotatable bonds is 1. The zero-order valence-corrected chi connectivity index (χ0v) is 5.97. The summed E-state index contributed by atoms with van der Waals surface area (Å²) in [6.45, 7) is 0. The molecule has 0 saturated heterocycles. The minimum Gasteiger partial charge on any atom is -0.294 e. The van der Waals surface area contributed by atoms with Gasteiger partial charge in [0.05, 0.1) is 4.20 Å². The number of hydrogen-bond acceptors (Lipinski definition) is 3. The van der Waals surface area contributed by atoms with Crippen molar-refractivity contribution in [2.45, 2.75) is 0 Å². The molecule has 0 spiro atoms. The van der Waals surface area contributed by atoms with E-state index in [-0.39, 0.29) is 0 Å². The van der Waals surface area contributed by atoms with Crippen LogP contribution < -0.4 is 0 Å². The molecule has 0 amide bonds. The molecular weight excluding hydrogens is 126 g/mol. The molecular formula is C4H7NS2. The average Bonchev–Trinajstić information content (AvgIpc) is 1.68. The molecule has 0 unspecified atom stereocenters. The third kappa shape index (κ3) is 3.95. The molecule has 0 aromatic rings. The third-order valence-electron chi connectivity index (χ3n) is 0.436. The lowest BCUT2D eigenvalue weighted by Crippen LogP contribution is -1.84. The van der Waals surface area contributed by atoms with Crippen LogP contribution in [-0.4, -0.2) is 23.7 Å². The van der Waals surface area contributed by atoms with Crippen molar-refractivity contribution in [3.05, 3.63) is 0 Å². The summed E-state index contributed by atoms with van der Waals surface area (Å²) in [5, 5.41) is 0. The van der Waals surface area contributed by atoms with Gasteiger partial charge in [-0.2, -0.15) is 0 Å². The van der Waals surface area contributed by atoms with Crippen LogP contribution in [0.1, 0.15) is 0 Å². The maximum Gasteiger partial charge on any atom is 0.0881 e. The van der Waals surface area contributed by atoms with E-state index in [1.165, 1.54) is 11.8 Å². The normalized spacial score (nSPS) is 10.0. The van der Waals surface area contributed by atoms with Crippen LogP contribution in [0, 0.1) is 0 Å². The molecule has 40 valence electrons. The van der Waals surface area contributed by atoms with E-state index in [0.29, 0.717) is 0 Å². The largest absolute Gasteiger partial charge is 0.294 e. The van der Waals surface area contributed by atoms with Crippen LogP contribution in [0.2, 0.25) is 0 Å². The van der Waals surface area contributed by atoms with Crippen LogP contribution in [0.3, 0.4) is 0 Å². The molecule has 0 fully saturated rings. The summed E-state index contributed by atoms with van der Waals surface area (Å²) in [4.78, 5) is 3.72. The number of hydrogen-bond donors (Lipinski definition) is 0. The van der Waals surface area contributed by atoms with Crippen LogP contribution in [0.15, 0.2) is 4.99 Å². The zero-order valence-electron chi connectivity index (χ0n) is 4.34. The van der Waals surface area contributed by atoms with Crippen molar-refractivity contribution in [3.8, 4) is 0 Å². The second-order valence-electron chi connectivity index (χ2n) is 0.910. The molecule has 0 radical (unpaired) electrons. The first-order chi connectivity index (χ1) is 3.31. The highest BCUT2D eigenvalue weighted by atomic mass is 32.2. The predicted molar refractivity (Wildman–Crippen MR) is 40.5 cm³/mol. The van der Waals surface area contributed by atoms with E-state index in [0.717, 1.165) is 4.20 Å². The summed E-state index contributed by atoms with van der Waals surface area (Å²) in [5.41, 5.74) is 0. The minimum atomic E-state index is 0.836. The van der Waals surface area contributed by atoms with E-state index in [9.17, 15) is 0 Å². The van der Waals surface area contributed by atoms with Gasteiger partial charge in [0.1, 0.15) is 0 Å². The van der Waals surface area contributed by atoms with Crippen molar-refractivity contribution in [3.63, 3.8) is 0 Å². The zero-order chi connectivity index (χ0) is 5.70. The van der Waals surface area contributed by atoms with E-state index in [4.69, 9.17) is 12.2 Å². The first-order valence-corrected chi connectivity index (χ1v) is 3.44. The van der Waals surface area contributed by atoms with Gasteiger partial charge in [0.15, 0.2) is 0 Å². The van der Waals surface area contributed by atoms with E-state index in [2.05, 4.69) is 4.99 Å². The Morgan fingerprint density at radius 3 is 2.57 bits per heavy atom. The van der Waals surface area contributed by atoms with E-state index < -0.39 is 0 Å². The van der Waals surface area contributed by atoms with Crippen molar-refractivity contribution in [1.29, 1.82) is 0 Å². The molecule has 0 aromatic heterocycles. The Morgan fingerprint density at radius 2 is 2.43 bits per heavy atom. The Morgan fingerprint density at radius 1 is 1.86 bits per heavy atom. The topological polar surface area (TPSA) is 12.4 Å². The fourth-order valence-corrected chi connectivity index (χ4v) is 0.474. The Balaban J connectivity index is 3.37. The van der Waals surface area contributed by atoms with Crippen LogP contribution in [0.5, 0.6) is 0 Å². The molecule has 0 aliphatic heterocycles. The molecule has 0 aliphatic rings. The van der Waals surface area contributed by atoms with Gasteiger partial charge in [-0.3, -0.25) is 4.99 Å². The smallest absolute Gasteiger partial charge is 0.0881 e. The van der Waals surface area contributed by atoms with Crippen molar-refractivity contribution in [2.75, 3.05) is 13.3 Å². The first-order valence-electron chi connectivity index (χ1n) is 1.81. The molecule has 3 heteroatoms. The maximum atomic E-state index is 4.77. The molecule has 0 aromatic carbocycles. The Kier molecular flexibility index (Phi) is 4.34. The fourth-order valence-electron chi connectivity index (χ4n) is 0.158. The summed E-state index contributed by atoms with van der Waals surface area (Å²) in [5.74, 6) is 0. The van der Waals surface area contributed by atoms with Gasteiger partial charge in [0.2, 0.25) is 0 Å². The number of aliphatic imine (C=N–C) groups is 1. The van der Waals surface area contributed by atoms with Crippen LogP contribution >= 0.6 is 24.0 Å². The molecule has 0 rings (SSSR count). The Hall–Kier alpha value is 0.110. The van der Waals surface area contributed by atoms with Gasteiger partial charge in [0, 0.05) is 13.3 Å². The molecule has 0 aliphatic carbocycles. The summed E-state index contributed by atoms with van der Waals surface area (Å²) >= 11 is 6.30. The standard InChI is InChI=1S/C4H7NS2/c1-5-3-4(6)7-2/h3H,1-2H3. The van der Waals surface area contributed by atoms with E-state index >= 15 is 0 Å². The molecule has 0 N–H and O–H groups in total. The summed E-state index contributed by atoms with van der Waals surface area (Å²) in [6, 6.07) is 0. The summed E-state index contributed by atoms with van der Waals surface area (Å²) in [7, 11) is 1.71. The van der Waals surface area contributed by atoms with Gasteiger partial charge in [-0.25, -0.2) is 0 Å². The lowest BCUT2D eigenvalue weighted by atomic mass is 10.9. The molecule has 1 nitrogen and oxygen atoms in total. The predicted octanol–water partition coefficient (Wildman–Crippen LogP) is 1.38. The van der Waals surface area contributed by atoms with Crippen LogP contribution in [0.25, 0.3) is 0 Å². The van der Waals surface area contributed by atoms with Gasteiger partial charge in [-0.15, -0.1) is 11.8 Å². The van der Waals surface area contributed by atoms with Crippen LogP contribution in [0.4, 0.5) is 0 Å². The van der Waals surface area contributed by atoms with E-state index in [1.54, 1.807) is 13.3 Å². The molecule has 0 heterocycles. The average molecular weight is 133 g/mol. The highest BCUT2D eigenvalue weighted by Crippen LogP contribution is 1.92. The minimum absolute atomic E-state index is 0.836. The Bertz CT molecular complexity index is 87.7. The Labute approximate surface area is 53.2 Å². The second kappa shape index (κ2) is 4.27. The van der Waals surface area contributed by atoms with Crippen molar-refractivity contribution >= 4 is 34.4 Å². The molecule has 0 saturated carbocycles. The quantitative estimate of drug-likeness (QED) is 0.396. The maximum absolute atomic E-state index is 4.77. The third-order valence-corrected chi connectivity index (χ3v) is 1.55. The molecule has 7 heavy (non-hydrogen) atoms. The fraction of sp³-hybridized carbons (Fsp3) is 0.500. The monoisotopic (exact) mass is 133 g/mol. The lowest BCUT2D eigenvalue weighted by Gasteiger charge is -1.81. The lowest BCUT2D eigenvalue weighted by molar-refractivity contribution is 1.48. The number of thiocarbonyl (C=S) groups is 1. The number of thioether (sulfide) groups is 1. The summed E-state index contributed by atoms with van der Waals surface area (Å²) in [6.07, 6.45) is 3.60. The molecule has 0 atom stereocenters. The highest BCUT2D eigenvalue weighted by molar-refractivity contribution is 8.24. The van der Waals surface area contributed by atoms with Crippen molar-refractivity contribution < 1.29 is 0 Å². The first kappa shape index (κ1) is 7.11. The van der Waals surface area contributed by atoms with Gasteiger partial charge >= 0.3 is 0 Å². The summed E-state index contributed by atoms with van der Waals surface area (Å²) < 4.78 is 0.836. The van der Waals surface area contributed by atoms with Gasteiger partial charge in [-0.1, -0.05) is 12.2 Å². The van der Waals surface area contributed by atoms with Gasteiger partial charge < -0.3 is 0 Å². The van der Waals surface area contributed by atoms with Crippen molar-refractivity contribution in [1.82, 2.24) is 0 Å². The van der Waals surface area contributed by atoms with Gasteiger partial charge in [0.25, 0.3) is 0 Å². The molecule has 0 bridgehead atoms. The van der Waals surface area contributed by atoms with Crippen molar-refractivity contribution in [2.24, 2.45) is 4.99 Å². The van der Waals surface area contributed by atoms with Crippen LogP contribution in [-0.2, 0) is 0 Å². The highest BCUT2D eigenvalue weighted by Gasteiger charge is 1.80.